The highest BCUT2D eigenvalue weighted by Gasteiger charge is 2.31. The van der Waals surface area contributed by atoms with Crippen LogP contribution in [0.1, 0.15) is 0 Å². The molecule has 0 radical (unpaired) electrons. The molecule has 2 heterocycles. The molecule has 1 saturated heterocycles. The Morgan fingerprint density at radius 2 is 1.69 bits per heavy atom. The third-order valence-electron chi connectivity index (χ3n) is 3.60. The first kappa shape index (κ1) is 17.0. The fourth-order valence-electron chi connectivity index (χ4n) is 2.39. The summed E-state index contributed by atoms with van der Waals surface area (Å²) < 4.78 is 0.523. The first-order valence-electron chi connectivity index (χ1n) is 7.75. The Morgan fingerprint density at radius 1 is 1.00 bits per heavy atom. The SMILES string of the molecule is O=C1CSC(=S)N1c1nc(-c2ccccc2)c(N=Nc2ccccc2)s1. The van der Waals surface area contributed by atoms with Crippen LogP contribution in [0.25, 0.3) is 11.3 Å². The third kappa shape index (κ3) is 3.44. The summed E-state index contributed by atoms with van der Waals surface area (Å²) in [4.78, 5) is 18.3. The van der Waals surface area contributed by atoms with Gasteiger partial charge in [-0.3, -0.25) is 4.79 Å². The van der Waals surface area contributed by atoms with Crippen LogP contribution in [0.2, 0.25) is 0 Å². The average Bonchev–Trinajstić information content (AvgIpc) is 3.24. The number of thioether (sulfide) groups is 1. The van der Waals surface area contributed by atoms with Gasteiger partial charge in [0.2, 0.25) is 11.0 Å². The molecular weight excluding hydrogens is 384 g/mol. The lowest BCUT2D eigenvalue weighted by Crippen LogP contribution is -2.27. The molecule has 8 heteroatoms. The maximum absolute atomic E-state index is 12.2. The second kappa shape index (κ2) is 7.45. The van der Waals surface area contributed by atoms with Gasteiger partial charge in [0, 0.05) is 5.56 Å². The van der Waals surface area contributed by atoms with Crippen LogP contribution in [-0.4, -0.2) is 21.0 Å². The molecule has 0 saturated carbocycles. The van der Waals surface area contributed by atoms with Gasteiger partial charge >= 0.3 is 0 Å². The molecule has 4 rings (SSSR count). The lowest BCUT2D eigenvalue weighted by atomic mass is 10.2. The zero-order chi connectivity index (χ0) is 17.9. The number of thiocarbonyl (C=S) groups is 1. The van der Waals surface area contributed by atoms with E-state index in [9.17, 15) is 4.79 Å². The van der Waals surface area contributed by atoms with Gasteiger partial charge in [0.25, 0.3) is 0 Å². The number of thiazole rings is 1. The van der Waals surface area contributed by atoms with Crippen LogP contribution >= 0.6 is 35.3 Å². The van der Waals surface area contributed by atoms with E-state index >= 15 is 0 Å². The monoisotopic (exact) mass is 396 g/mol. The van der Waals surface area contributed by atoms with Crippen molar-refractivity contribution in [1.82, 2.24) is 4.98 Å². The molecule has 128 valence electrons. The van der Waals surface area contributed by atoms with E-state index < -0.39 is 0 Å². The van der Waals surface area contributed by atoms with Gasteiger partial charge in [0.15, 0.2) is 5.00 Å². The predicted octanol–water partition coefficient (Wildman–Crippen LogP) is 5.59. The highest BCUT2D eigenvalue weighted by Crippen LogP contribution is 2.42. The highest BCUT2D eigenvalue weighted by atomic mass is 32.2. The lowest BCUT2D eigenvalue weighted by molar-refractivity contribution is -0.115. The number of aromatic nitrogens is 1. The number of rotatable bonds is 4. The number of carbonyl (C=O) groups excluding carboxylic acids is 1. The molecule has 0 spiro atoms. The van der Waals surface area contributed by atoms with Gasteiger partial charge in [0.05, 0.1) is 11.4 Å². The van der Waals surface area contributed by atoms with Crippen LogP contribution in [0.4, 0.5) is 15.8 Å². The van der Waals surface area contributed by atoms with E-state index in [-0.39, 0.29) is 5.91 Å². The third-order valence-corrected chi connectivity index (χ3v) is 5.88. The summed E-state index contributed by atoms with van der Waals surface area (Å²) >= 11 is 7.95. The van der Waals surface area contributed by atoms with Crippen molar-refractivity contribution in [2.45, 2.75) is 0 Å². The molecule has 1 aliphatic heterocycles. The number of azo groups is 1. The van der Waals surface area contributed by atoms with Crippen molar-refractivity contribution in [2.75, 3.05) is 10.7 Å². The molecule has 0 unspecified atom stereocenters. The number of hydrogen-bond acceptors (Lipinski definition) is 7. The van der Waals surface area contributed by atoms with Gasteiger partial charge in [-0.05, 0) is 12.1 Å². The van der Waals surface area contributed by atoms with Crippen molar-refractivity contribution >= 4 is 61.4 Å². The van der Waals surface area contributed by atoms with Crippen molar-refractivity contribution < 1.29 is 4.79 Å². The first-order valence-corrected chi connectivity index (χ1v) is 9.96. The summed E-state index contributed by atoms with van der Waals surface area (Å²) in [5, 5.41) is 9.86. The Bertz CT molecular complexity index is 970. The van der Waals surface area contributed by atoms with E-state index in [0.717, 1.165) is 11.3 Å². The second-order valence-electron chi connectivity index (χ2n) is 5.34. The van der Waals surface area contributed by atoms with Gasteiger partial charge in [-0.1, -0.05) is 83.8 Å². The van der Waals surface area contributed by atoms with E-state index in [2.05, 4.69) is 15.2 Å². The predicted molar refractivity (Wildman–Crippen MR) is 111 cm³/mol. The molecule has 5 nitrogen and oxygen atoms in total. The number of anilines is 1. The molecule has 0 aliphatic carbocycles. The van der Waals surface area contributed by atoms with E-state index in [0.29, 0.717) is 25.9 Å². The molecule has 1 aromatic heterocycles. The Hall–Kier alpha value is -2.42. The van der Waals surface area contributed by atoms with Crippen molar-refractivity contribution in [3.63, 3.8) is 0 Å². The largest absolute Gasteiger partial charge is 0.273 e. The minimum atomic E-state index is -0.0556. The quantitative estimate of drug-likeness (QED) is 0.426. The topological polar surface area (TPSA) is 57.9 Å². The molecule has 0 bridgehead atoms. The van der Waals surface area contributed by atoms with Gasteiger partial charge < -0.3 is 0 Å². The Morgan fingerprint density at radius 3 is 2.35 bits per heavy atom. The van der Waals surface area contributed by atoms with Crippen LogP contribution in [-0.2, 0) is 4.79 Å². The molecule has 1 amide bonds. The Labute approximate surface area is 163 Å². The summed E-state index contributed by atoms with van der Waals surface area (Å²) in [6, 6.07) is 19.2. The smallest absolute Gasteiger partial charge is 0.244 e. The minimum absolute atomic E-state index is 0.0556. The number of benzene rings is 2. The summed E-state index contributed by atoms with van der Waals surface area (Å²) in [7, 11) is 0. The van der Waals surface area contributed by atoms with E-state index in [1.165, 1.54) is 28.0 Å². The van der Waals surface area contributed by atoms with Gasteiger partial charge in [-0.15, -0.1) is 10.2 Å². The second-order valence-corrected chi connectivity index (χ2v) is 7.90. The van der Waals surface area contributed by atoms with Crippen LogP contribution in [0.5, 0.6) is 0 Å². The van der Waals surface area contributed by atoms with Crippen molar-refractivity contribution in [3.8, 4) is 11.3 Å². The number of hydrogen-bond donors (Lipinski definition) is 0. The van der Waals surface area contributed by atoms with Crippen LogP contribution in [0.3, 0.4) is 0 Å². The average molecular weight is 397 g/mol. The lowest BCUT2D eigenvalue weighted by Gasteiger charge is -2.09. The zero-order valence-corrected chi connectivity index (χ0v) is 15.9. The molecular formula is C18H12N4OS3. The summed E-state index contributed by atoms with van der Waals surface area (Å²) in [5.74, 6) is 0.292. The molecule has 0 atom stereocenters. The molecule has 0 N–H and O–H groups in total. The maximum Gasteiger partial charge on any atom is 0.244 e. The van der Waals surface area contributed by atoms with Crippen molar-refractivity contribution in [2.24, 2.45) is 10.2 Å². The number of amides is 1. The molecule has 1 aliphatic rings. The number of nitrogens with zero attached hydrogens (tertiary/aromatic N) is 4. The fourth-order valence-corrected chi connectivity index (χ4v) is 4.50. The summed E-state index contributed by atoms with van der Waals surface area (Å²) in [6.45, 7) is 0. The fraction of sp³-hybridized carbons (Fsp3) is 0.0556. The van der Waals surface area contributed by atoms with Crippen LogP contribution < -0.4 is 4.90 Å². The van der Waals surface area contributed by atoms with E-state index in [1.807, 2.05) is 60.7 Å². The standard InChI is InChI=1S/C18H12N4OS3/c23-14-11-25-18(24)22(14)17-19-15(12-7-3-1-4-8-12)16(26-17)21-20-13-9-5-2-6-10-13/h1-10H,11H2. The van der Waals surface area contributed by atoms with Crippen molar-refractivity contribution in [3.05, 3.63) is 60.7 Å². The van der Waals surface area contributed by atoms with Gasteiger partial charge in [0.1, 0.15) is 10.0 Å². The summed E-state index contributed by atoms with van der Waals surface area (Å²) in [6.07, 6.45) is 0. The molecule has 1 fully saturated rings. The Balaban J connectivity index is 1.77. The van der Waals surface area contributed by atoms with Crippen LogP contribution in [0, 0.1) is 0 Å². The minimum Gasteiger partial charge on any atom is -0.273 e. The zero-order valence-electron chi connectivity index (χ0n) is 13.4. The highest BCUT2D eigenvalue weighted by molar-refractivity contribution is 8.24. The van der Waals surface area contributed by atoms with Crippen LogP contribution in [0.15, 0.2) is 70.9 Å². The molecule has 2 aromatic carbocycles. The Kier molecular flexibility index (Phi) is 4.87. The molecule has 3 aromatic rings. The van der Waals surface area contributed by atoms with Gasteiger partial charge in [-0.25, -0.2) is 9.88 Å². The number of carbonyl (C=O) groups is 1. The molecule has 26 heavy (non-hydrogen) atoms. The first-order chi connectivity index (χ1) is 12.7. The van der Waals surface area contributed by atoms with Crippen molar-refractivity contribution in [1.29, 1.82) is 0 Å². The normalized spacial score (nSPS) is 14.5. The maximum atomic E-state index is 12.2. The summed E-state index contributed by atoms with van der Waals surface area (Å²) in [5.41, 5.74) is 2.37. The van der Waals surface area contributed by atoms with E-state index in [1.54, 1.807) is 0 Å². The van der Waals surface area contributed by atoms with Gasteiger partial charge in [-0.2, -0.15) is 0 Å². The van der Waals surface area contributed by atoms with E-state index in [4.69, 9.17) is 12.2 Å².